The molecule has 0 bridgehead atoms. The van der Waals surface area contributed by atoms with Crippen LogP contribution >= 0.6 is 11.8 Å². The number of carbonyl (C=O) groups is 1. The van der Waals surface area contributed by atoms with Crippen molar-refractivity contribution in [1.29, 1.82) is 0 Å². The van der Waals surface area contributed by atoms with Crippen molar-refractivity contribution in [3.05, 3.63) is 35.4 Å². The molecule has 3 heteroatoms. The van der Waals surface area contributed by atoms with Crippen molar-refractivity contribution in [3.63, 3.8) is 0 Å². The first-order chi connectivity index (χ1) is 8.67. The molecule has 18 heavy (non-hydrogen) atoms. The van der Waals surface area contributed by atoms with Crippen LogP contribution in [0.25, 0.3) is 0 Å². The van der Waals surface area contributed by atoms with Gasteiger partial charge >= 0.3 is 0 Å². The van der Waals surface area contributed by atoms with E-state index in [4.69, 9.17) is 5.11 Å². The van der Waals surface area contributed by atoms with Gasteiger partial charge in [-0.3, -0.25) is 4.79 Å². The van der Waals surface area contributed by atoms with Crippen LogP contribution in [0.5, 0.6) is 0 Å². The molecule has 0 aliphatic carbocycles. The van der Waals surface area contributed by atoms with Gasteiger partial charge in [0.15, 0.2) is 5.78 Å². The number of aliphatic hydroxyl groups is 1. The minimum atomic E-state index is 0.174. The van der Waals surface area contributed by atoms with E-state index in [1.54, 1.807) is 11.8 Å². The van der Waals surface area contributed by atoms with Gasteiger partial charge in [-0.1, -0.05) is 44.5 Å². The predicted molar refractivity (Wildman–Crippen MR) is 78.4 cm³/mol. The van der Waals surface area contributed by atoms with Crippen molar-refractivity contribution in [2.45, 2.75) is 38.4 Å². The van der Waals surface area contributed by atoms with Gasteiger partial charge in [0.1, 0.15) is 0 Å². The van der Waals surface area contributed by atoms with E-state index in [2.05, 4.69) is 6.92 Å². The third kappa shape index (κ3) is 5.23. The lowest BCUT2D eigenvalue weighted by Gasteiger charge is -2.08. The van der Waals surface area contributed by atoms with Gasteiger partial charge in [0.2, 0.25) is 0 Å². The highest BCUT2D eigenvalue weighted by molar-refractivity contribution is 8.00. The Kier molecular flexibility index (Phi) is 7.06. The van der Waals surface area contributed by atoms with Crippen molar-refractivity contribution in [3.8, 4) is 0 Å². The number of thioether (sulfide) groups is 1. The summed E-state index contributed by atoms with van der Waals surface area (Å²) < 4.78 is 0. The smallest absolute Gasteiger partial charge is 0.172 e. The van der Waals surface area contributed by atoms with Crippen LogP contribution in [-0.4, -0.2) is 28.5 Å². The van der Waals surface area contributed by atoms with Gasteiger partial charge in [0, 0.05) is 17.4 Å². The van der Waals surface area contributed by atoms with E-state index < -0.39 is 0 Å². The molecule has 1 aromatic carbocycles. The molecule has 0 radical (unpaired) electrons. The van der Waals surface area contributed by atoms with E-state index >= 15 is 0 Å². The van der Waals surface area contributed by atoms with Gasteiger partial charge in [-0.05, 0) is 18.4 Å². The van der Waals surface area contributed by atoms with Crippen LogP contribution < -0.4 is 0 Å². The molecule has 0 heterocycles. The molecule has 0 saturated carbocycles. The summed E-state index contributed by atoms with van der Waals surface area (Å²) in [6.07, 6.45) is 2.94. The van der Waals surface area contributed by atoms with Crippen LogP contribution in [0.2, 0.25) is 0 Å². The zero-order valence-corrected chi connectivity index (χ0v) is 12.0. The van der Waals surface area contributed by atoms with Crippen molar-refractivity contribution in [2.24, 2.45) is 0 Å². The molecule has 0 spiro atoms. The summed E-state index contributed by atoms with van der Waals surface area (Å²) in [5.41, 5.74) is 2.08. The highest BCUT2D eigenvalue weighted by Crippen LogP contribution is 2.16. The van der Waals surface area contributed by atoms with Crippen LogP contribution in [0, 0.1) is 0 Å². The topological polar surface area (TPSA) is 37.3 Å². The summed E-state index contributed by atoms with van der Waals surface area (Å²) in [4.78, 5) is 11.9. The van der Waals surface area contributed by atoms with Crippen molar-refractivity contribution < 1.29 is 9.90 Å². The number of rotatable bonds is 8. The number of ketones is 1. The van der Waals surface area contributed by atoms with Crippen molar-refractivity contribution in [1.82, 2.24) is 0 Å². The molecular formula is C15H22O2S. The van der Waals surface area contributed by atoms with Crippen LogP contribution in [0.3, 0.4) is 0 Å². The van der Waals surface area contributed by atoms with Gasteiger partial charge in [-0.25, -0.2) is 0 Å². The maximum absolute atomic E-state index is 11.9. The fourth-order valence-electron chi connectivity index (χ4n) is 1.71. The molecule has 0 aromatic heterocycles. The van der Waals surface area contributed by atoms with Gasteiger partial charge < -0.3 is 5.11 Å². The number of hydrogen-bond donors (Lipinski definition) is 1. The van der Waals surface area contributed by atoms with E-state index in [1.807, 2.05) is 31.2 Å². The third-order valence-electron chi connectivity index (χ3n) is 2.85. The van der Waals surface area contributed by atoms with Gasteiger partial charge in [0.05, 0.1) is 5.75 Å². The molecule has 100 valence electrons. The Morgan fingerprint density at radius 2 is 2.00 bits per heavy atom. The molecular weight excluding hydrogens is 244 g/mol. The second-order valence-electron chi connectivity index (χ2n) is 4.50. The van der Waals surface area contributed by atoms with E-state index in [9.17, 15) is 4.79 Å². The number of carbonyl (C=O) groups excluding carboxylic acids is 1. The highest BCUT2D eigenvalue weighted by Gasteiger charge is 2.09. The van der Waals surface area contributed by atoms with E-state index in [0.717, 1.165) is 24.8 Å². The average molecular weight is 266 g/mol. The summed E-state index contributed by atoms with van der Waals surface area (Å²) in [7, 11) is 0. The second-order valence-corrected chi connectivity index (χ2v) is 5.93. The Labute approximate surface area is 114 Å². The minimum Gasteiger partial charge on any atom is -0.396 e. The molecule has 1 aromatic rings. The number of benzene rings is 1. The number of aryl methyl sites for hydroxylation is 1. The average Bonchev–Trinajstić information content (AvgIpc) is 2.37. The molecule has 0 aliphatic rings. The Morgan fingerprint density at radius 3 is 2.56 bits per heavy atom. The lowest BCUT2D eigenvalue weighted by molar-refractivity contribution is 0.102. The van der Waals surface area contributed by atoms with E-state index in [1.165, 1.54) is 5.56 Å². The Bertz CT molecular complexity index is 359. The zero-order chi connectivity index (χ0) is 13.4. The van der Waals surface area contributed by atoms with Crippen LogP contribution in [0.4, 0.5) is 0 Å². The maximum Gasteiger partial charge on any atom is 0.172 e. The van der Waals surface area contributed by atoms with Gasteiger partial charge in [-0.15, -0.1) is 0 Å². The lowest BCUT2D eigenvalue weighted by atomic mass is 10.1. The number of Topliss-reactive ketones (excluding diaryl/α,β-unsaturated/α-hetero) is 1. The van der Waals surface area contributed by atoms with E-state index in [0.29, 0.717) is 11.0 Å². The molecule has 0 amide bonds. The first-order valence-corrected chi connectivity index (χ1v) is 7.56. The summed E-state index contributed by atoms with van der Waals surface area (Å²) in [5.74, 6) is 0.668. The first-order valence-electron chi connectivity index (χ1n) is 6.52. The maximum atomic E-state index is 11.9. The number of aliphatic hydroxyl groups excluding tert-OH is 1. The Balaban J connectivity index is 2.46. The fraction of sp³-hybridized carbons (Fsp3) is 0.533. The summed E-state index contributed by atoms with van der Waals surface area (Å²) in [6, 6.07) is 7.92. The molecule has 0 fully saturated rings. The van der Waals surface area contributed by atoms with Gasteiger partial charge in [-0.2, -0.15) is 11.8 Å². The standard InChI is InChI=1S/C15H22O2S/c1-3-4-13-5-7-14(8-6-13)15(17)11-18-12(2)9-10-16/h5-8,12,16H,3-4,9-11H2,1-2H3. The van der Waals surface area contributed by atoms with Crippen molar-refractivity contribution in [2.75, 3.05) is 12.4 Å². The predicted octanol–water partition coefficient (Wildman–Crippen LogP) is 3.33. The lowest BCUT2D eigenvalue weighted by Crippen LogP contribution is -2.07. The van der Waals surface area contributed by atoms with Crippen LogP contribution in [0.1, 0.15) is 42.6 Å². The second kappa shape index (κ2) is 8.33. The monoisotopic (exact) mass is 266 g/mol. The highest BCUT2D eigenvalue weighted by atomic mass is 32.2. The quantitative estimate of drug-likeness (QED) is 0.733. The largest absolute Gasteiger partial charge is 0.396 e. The third-order valence-corrected chi connectivity index (χ3v) is 4.08. The van der Waals surface area contributed by atoms with Gasteiger partial charge in [0.25, 0.3) is 0 Å². The molecule has 2 nitrogen and oxygen atoms in total. The Morgan fingerprint density at radius 1 is 1.33 bits per heavy atom. The summed E-state index contributed by atoms with van der Waals surface area (Å²) in [5, 5.41) is 9.13. The number of hydrogen-bond acceptors (Lipinski definition) is 3. The first kappa shape index (κ1) is 15.3. The summed E-state index contributed by atoms with van der Waals surface area (Å²) >= 11 is 1.61. The molecule has 1 rings (SSSR count). The molecule has 0 aliphatic heterocycles. The SMILES string of the molecule is CCCc1ccc(C(=O)CSC(C)CCO)cc1. The van der Waals surface area contributed by atoms with Crippen LogP contribution in [-0.2, 0) is 6.42 Å². The normalized spacial score (nSPS) is 12.4. The molecule has 1 unspecified atom stereocenters. The van der Waals surface area contributed by atoms with Crippen LogP contribution in [0.15, 0.2) is 24.3 Å². The Hall–Kier alpha value is -0.800. The fourth-order valence-corrected chi connectivity index (χ4v) is 2.59. The molecule has 1 N–H and O–H groups in total. The van der Waals surface area contributed by atoms with E-state index in [-0.39, 0.29) is 12.4 Å². The molecule has 1 atom stereocenters. The summed E-state index contributed by atoms with van der Waals surface area (Å²) in [6.45, 7) is 4.38. The zero-order valence-electron chi connectivity index (χ0n) is 11.2. The minimum absolute atomic E-state index is 0.174. The molecule has 0 saturated heterocycles. The van der Waals surface area contributed by atoms with Crippen molar-refractivity contribution >= 4 is 17.5 Å².